The number of fused-ring (bicyclic) bond motifs is 2. The number of carbonyl (C=O) groups excluding carboxylic acids is 1. The molecule has 14 heteroatoms. The molecule has 4 heterocycles. The summed E-state index contributed by atoms with van der Waals surface area (Å²) < 4.78 is 26.1. The predicted molar refractivity (Wildman–Crippen MR) is 218 cm³/mol. The third kappa shape index (κ3) is 9.93. The van der Waals surface area contributed by atoms with Crippen molar-refractivity contribution in [1.29, 1.82) is 0 Å². The van der Waals surface area contributed by atoms with Gasteiger partial charge in [0.2, 0.25) is 5.95 Å². The Bertz CT molecular complexity index is 2030. The van der Waals surface area contributed by atoms with Crippen molar-refractivity contribution in [3.05, 3.63) is 88.7 Å². The van der Waals surface area contributed by atoms with E-state index in [-0.39, 0.29) is 29.7 Å². The van der Waals surface area contributed by atoms with E-state index in [0.29, 0.717) is 54.8 Å². The van der Waals surface area contributed by atoms with Crippen molar-refractivity contribution < 1.29 is 23.7 Å². The number of urea groups is 1. The summed E-state index contributed by atoms with van der Waals surface area (Å²) in [5, 5.41) is 15.5. The number of halogens is 1. The maximum atomic E-state index is 13.7. The van der Waals surface area contributed by atoms with Gasteiger partial charge in [-0.25, -0.2) is 9.79 Å². The number of aromatic nitrogens is 3. The zero-order valence-corrected chi connectivity index (χ0v) is 33.3. The van der Waals surface area contributed by atoms with Crippen LogP contribution in [0.2, 0.25) is 5.02 Å². The van der Waals surface area contributed by atoms with E-state index in [1.807, 2.05) is 61.7 Å². The quantitative estimate of drug-likeness (QED) is 0.0778. The molecule has 0 radical (unpaired) electrons. The number of piperidine rings is 1. The zero-order valence-electron chi connectivity index (χ0n) is 32.5. The largest absolute Gasteiger partial charge is 0.490 e. The first kappa shape index (κ1) is 39.4. The Morgan fingerprint density at radius 1 is 1.00 bits per heavy atom. The second-order valence-corrected chi connectivity index (χ2v) is 16.0. The number of rotatable bonds is 11. The van der Waals surface area contributed by atoms with Crippen molar-refractivity contribution in [2.75, 3.05) is 37.8 Å². The molecule has 56 heavy (non-hydrogen) atoms. The van der Waals surface area contributed by atoms with Gasteiger partial charge < -0.3 is 34.9 Å². The van der Waals surface area contributed by atoms with Gasteiger partial charge in [0.15, 0.2) is 11.9 Å². The summed E-state index contributed by atoms with van der Waals surface area (Å²) in [7, 11) is 0. The molecule has 2 fully saturated rings. The standard InChI is InChI=1S/C42H53ClN8O5/c1-42(2,3)36(44)26-37(45-28-14-16-32(43)35(25-28)53-23-24-55-39-13-7-10-22-54-39)47-40(52)46-33-17-18-34(31-12-6-5-11-30(31)33)56-29-15-19-38-48-49-41(51(38)27-29)50-20-8-4-9-21-50/h5-6,11-12,14-16,19,25-27,33-34,39H,4,7-10,13,17-18,20-24,44H2,1-3H3,(H2,45,46,47,52)/t33?,34-,39?/m1/s1. The molecule has 2 saturated heterocycles. The SMILES string of the molecule is CC(C)(C)C(N)=CC(=Nc1ccc(Cl)c(OCCOC2CCCCO2)c1)NC(=O)NC1CC[C@@H](Oc2ccc3nnc(N4CCCCC4)n3c2)c2ccccc21. The number of pyridine rings is 1. The number of hydrogen-bond donors (Lipinski definition) is 3. The van der Waals surface area contributed by atoms with E-state index in [4.69, 9.17) is 41.3 Å². The third-order valence-corrected chi connectivity index (χ3v) is 10.7. The molecule has 13 nitrogen and oxygen atoms in total. The highest BCUT2D eigenvalue weighted by atomic mass is 35.5. The van der Waals surface area contributed by atoms with Gasteiger partial charge in [-0.15, -0.1) is 10.2 Å². The molecule has 2 aromatic carbocycles. The van der Waals surface area contributed by atoms with E-state index >= 15 is 0 Å². The smallest absolute Gasteiger partial charge is 0.320 e. The Morgan fingerprint density at radius 3 is 2.61 bits per heavy atom. The van der Waals surface area contributed by atoms with Gasteiger partial charge in [0.1, 0.15) is 30.0 Å². The van der Waals surface area contributed by atoms with E-state index in [9.17, 15) is 4.79 Å². The number of carbonyl (C=O) groups is 1. The summed E-state index contributed by atoms with van der Waals surface area (Å²) in [6, 6.07) is 16.5. The summed E-state index contributed by atoms with van der Waals surface area (Å²) in [6.45, 7) is 9.32. The molecule has 1 aliphatic carbocycles. The van der Waals surface area contributed by atoms with Gasteiger partial charge >= 0.3 is 6.03 Å². The van der Waals surface area contributed by atoms with Crippen LogP contribution in [0.1, 0.15) is 95.4 Å². The lowest BCUT2D eigenvalue weighted by molar-refractivity contribution is -0.165. The molecule has 2 aromatic heterocycles. The number of amidine groups is 1. The number of nitrogens with one attached hydrogen (secondary N) is 2. The third-order valence-electron chi connectivity index (χ3n) is 10.4. The Balaban J connectivity index is 1.03. The second-order valence-electron chi connectivity index (χ2n) is 15.6. The van der Waals surface area contributed by atoms with Gasteiger partial charge in [-0.2, -0.15) is 0 Å². The zero-order chi connectivity index (χ0) is 39.1. The van der Waals surface area contributed by atoms with Gasteiger partial charge in [0, 0.05) is 43.0 Å². The van der Waals surface area contributed by atoms with Crippen molar-refractivity contribution in [2.45, 2.75) is 90.6 Å². The fourth-order valence-corrected chi connectivity index (χ4v) is 7.35. The van der Waals surface area contributed by atoms with Crippen LogP contribution in [0, 0.1) is 5.41 Å². The minimum atomic E-state index is -0.406. The van der Waals surface area contributed by atoms with Gasteiger partial charge in [0.25, 0.3) is 0 Å². The van der Waals surface area contributed by atoms with Crippen LogP contribution in [0.5, 0.6) is 11.5 Å². The number of ether oxygens (including phenoxy) is 4. The first-order chi connectivity index (χ1) is 27.1. The monoisotopic (exact) mass is 784 g/mol. The van der Waals surface area contributed by atoms with Crippen LogP contribution in [-0.4, -0.2) is 65.7 Å². The molecule has 2 amide bonds. The molecule has 0 bridgehead atoms. The normalized spacial score (nSPS) is 20.7. The van der Waals surface area contributed by atoms with Crippen LogP contribution in [0.4, 0.5) is 16.4 Å². The molecule has 2 aliphatic heterocycles. The van der Waals surface area contributed by atoms with Crippen LogP contribution in [0.3, 0.4) is 0 Å². The van der Waals surface area contributed by atoms with Gasteiger partial charge in [-0.05, 0) is 86.8 Å². The maximum absolute atomic E-state index is 13.7. The fraction of sp³-hybridized carbons (Fsp3) is 0.476. The molecular weight excluding hydrogens is 732 g/mol. The molecule has 298 valence electrons. The lowest BCUT2D eigenvalue weighted by Gasteiger charge is -2.32. The van der Waals surface area contributed by atoms with E-state index in [2.05, 4.69) is 31.8 Å². The van der Waals surface area contributed by atoms with E-state index in [1.165, 1.54) is 6.42 Å². The first-order valence-electron chi connectivity index (χ1n) is 19.8. The first-order valence-corrected chi connectivity index (χ1v) is 20.1. The van der Waals surface area contributed by atoms with Crippen molar-refractivity contribution in [1.82, 2.24) is 25.2 Å². The Labute approximate surface area is 333 Å². The second kappa shape index (κ2) is 18.0. The highest BCUT2D eigenvalue weighted by Gasteiger charge is 2.30. The maximum Gasteiger partial charge on any atom is 0.320 e. The number of nitrogens with zero attached hydrogens (tertiary/aromatic N) is 5. The fourth-order valence-electron chi connectivity index (χ4n) is 7.18. The molecule has 4 N–H and O–H groups in total. The molecular formula is C42H53ClN8O5. The summed E-state index contributed by atoms with van der Waals surface area (Å²) >= 11 is 6.48. The van der Waals surface area contributed by atoms with Crippen molar-refractivity contribution in [3.63, 3.8) is 0 Å². The Hall–Kier alpha value is -4.85. The van der Waals surface area contributed by atoms with E-state index in [0.717, 1.165) is 73.7 Å². The highest BCUT2D eigenvalue weighted by Crippen LogP contribution is 2.39. The minimum Gasteiger partial charge on any atom is -0.490 e. The topological polar surface area (TPSA) is 150 Å². The molecule has 4 aromatic rings. The van der Waals surface area contributed by atoms with Crippen LogP contribution in [-0.2, 0) is 9.47 Å². The molecule has 7 rings (SSSR count). The predicted octanol–water partition coefficient (Wildman–Crippen LogP) is 8.17. The van der Waals surface area contributed by atoms with E-state index in [1.54, 1.807) is 24.3 Å². The number of amides is 2. The average Bonchev–Trinajstić information content (AvgIpc) is 3.62. The van der Waals surface area contributed by atoms with Gasteiger partial charge in [0.05, 0.1) is 29.6 Å². The lowest BCUT2D eigenvalue weighted by Crippen LogP contribution is -2.42. The number of benzene rings is 2. The van der Waals surface area contributed by atoms with E-state index < -0.39 is 6.03 Å². The molecule has 2 unspecified atom stereocenters. The average molecular weight is 785 g/mol. The van der Waals surface area contributed by atoms with Crippen LogP contribution in [0.25, 0.3) is 5.65 Å². The summed E-state index contributed by atoms with van der Waals surface area (Å²) in [5.74, 6) is 2.32. The highest BCUT2D eigenvalue weighted by molar-refractivity contribution is 6.32. The minimum absolute atomic E-state index is 0.195. The summed E-state index contributed by atoms with van der Waals surface area (Å²) in [6.07, 6.45) is 11.2. The lowest BCUT2D eigenvalue weighted by atomic mass is 9.85. The summed E-state index contributed by atoms with van der Waals surface area (Å²) in [4.78, 5) is 20.8. The number of aliphatic imine (C=N–C) groups is 1. The van der Waals surface area contributed by atoms with Gasteiger partial charge in [-0.1, -0.05) is 56.6 Å². The van der Waals surface area contributed by atoms with Crippen LogP contribution in [0.15, 0.2) is 77.6 Å². The number of hydrogen-bond acceptors (Lipinski definition) is 10. The molecule has 3 atom stereocenters. The van der Waals surface area contributed by atoms with Crippen molar-refractivity contribution in [2.24, 2.45) is 16.1 Å². The summed E-state index contributed by atoms with van der Waals surface area (Å²) in [5.41, 5.74) is 10.0. The molecule has 3 aliphatic rings. The van der Waals surface area contributed by atoms with Gasteiger partial charge in [-0.3, -0.25) is 9.72 Å². The Kier molecular flexibility index (Phi) is 12.6. The van der Waals surface area contributed by atoms with Crippen molar-refractivity contribution in [3.8, 4) is 11.5 Å². The number of nitrogens with two attached hydrogens (primary N) is 1. The molecule has 0 spiro atoms. The molecule has 0 saturated carbocycles. The number of anilines is 1. The van der Waals surface area contributed by atoms with Crippen molar-refractivity contribution >= 4 is 40.8 Å². The number of allylic oxidation sites excluding steroid dienone is 1. The van der Waals surface area contributed by atoms with Crippen LogP contribution < -0.4 is 30.7 Å². The Morgan fingerprint density at radius 2 is 1.82 bits per heavy atom. The van der Waals surface area contributed by atoms with Crippen LogP contribution >= 0.6 is 11.6 Å².